The summed E-state index contributed by atoms with van der Waals surface area (Å²) in [7, 11) is 1.71. The zero-order valence-electron chi connectivity index (χ0n) is 23.5. The van der Waals surface area contributed by atoms with E-state index in [1.807, 2.05) is 31.2 Å². The van der Waals surface area contributed by atoms with E-state index in [0.717, 1.165) is 40.8 Å². The number of aryl methyl sites for hydroxylation is 1. The average molecular weight is 567 g/mol. The number of hydrogen-bond acceptors (Lipinski definition) is 5. The van der Waals surface area contributed by atoms with Crippen molar-refractivity contribution in [1.29, 1.82) is 0 Å². The summed E-state index contributed by atoms with van der Waals surface area (Å²) in [5, 5.41) is 0. The number of pyridine rings is 1. The second-order valence-electron chi connectivity index (χ2n) is 11.0. The normalized spacial score (nSPS) is 13.3. The summed E-state index contributed by atoms with van der Waals surface area (Å²) in [6.07, 6.45) is 5.10. The molecule has 0 bridgehead atoms. The van der Waals surface area contributed by atoms with Crippen molar-refractivity contribution in [2.45, 2.75) is 45.7 Å². The molecule has 0 saturated heterocycles. The van der Waals surface area contributed by atoms with Crippen molar-refractivity contribution in [3.8, 4) is 0 Å². The molecule has 0 unspecified atom stereocenters. The van der Waals surface area contributed by atoms with Crippen LogP contribution in [0, 0.1) is 18.7 Å². The Labute approximate surface area is 241 Å². The van der Waals surface area contributed by atoms with Crippen LogP contribution in [-0.4, -0.2) is 37.0 Å². The minimum absolute atomic E-state index is 0.161. The van der Waals surface area contributed by atoms with Crippen molar-refractivity contribution in [3.63, 3.8) is 0 Å². The van der Waals surface area contributed by atoms with Crippen LogP contribution in [0.3, 0.4) is 0 Å². The smallest absolute Gasteiger partial charge is 0.333 e. The Balaban J connectivity index is 1.29. The number of carbonyl (C=O) groups excluding carboxylic acids is 1. The molecule has 3 heterocycles. The van der Waals surface area contributed by atoms with Crippen molar-refractivity contribution in [1.82, 2.24) is 24.1 Å². The summed E-state index contributed by atoms with van der Waals surface area (Å²) in [5.41, 5.74) is 2.79. The highest BCUT2D eigenvalue weighted by Gasteiger charge is 2.24. The number of nitrogens with zero attached hydrogens (tertiary/aromatic N) is 5. The number of H-pyrrole nitrogens is 1. The second-order valence-corrected chi connectivity index (χ2v) is 11.0. The molecule has 0 aliphatic heterocycles. The average Bonchev–Trinajstić information content (AvgIpc) is 3.39. The number of halogens is 1. The van der Waals surface area contributed by atoms with Crippen LogP contribution in [0.5, 0.6) is 0 Å². The van der Waals surface area contributed by atoms with E-state index >= 15 is 0 Å². The van der Waals surface area contributed by atoms with Crippen molar-refractivity contribution < 1.29 is 9.18 Å². The Hall–Kier alpha value is -4.86. The molecule has 1 saturated carbocycles. The third-order valence-corrected chi connectivity index (χ3v) is 8.02. The lowest BCUT2D eigenvalue weighted by Gasteiger charge is -2.26. The van der Waals surface area contributed by atoms with Crippen LogP contribution in [0.1, 0.15) is 52.3 Å². The molecule has 10 heteroatoms. The fourth-order valence-electron chi connectivity index (χ4n) is 5.27. The lowest BCUT2D eigenvalue weighted by molar-refractivity contribution is 0.0992. The second kappa shape index (κ2) is 11.2. The van der Waals surface area contributed by atoms with Gasteiger partial charge < -0.3 is 9.88 Å². The monoisotopic (exact) mass is 566 g/mol. The number of benzene rings is 2. The van der Waals surface area contributed by atoms with Gasteiger partial charge in [0.25, 0.3) is 11.5 Å². The molecule has 1 N–H and O–H groups in total. The SMILES string of the molecule is Cc1ccc(C(=O)N(C)c2ccc(Cc3nc4c([nH]3)c(=O)n(Cc3ccccc3F)c(=O)n4CC3CCC3)cc2)cn1. The molecule has 1 aliphatic carbocycles. The van der Waals surface area contributed by atoms with E-state index in [9.17, 15) is 18.8 Å². The molecule has 0 spiro atoms. The van der Waals surface area contributed by atoms with Crippen LogP contribution in [0.25, 0.3) is 11.2 Å². The molecule has 0 radical (unpaired) electrons. The number of fused-ring (bicyclic) bond motifs is 1. The highest BCUT2D eigenvalue weighted by atomic mass is 19.1. The van der Waals surface area contributed by atoms with Gasteiger partial charge in [0.1, 0.15) is 17.2 Å². The van der Waals surface area contributed by atoms with Gasteiger partial charge in [-0.1, -0.05) is 36.8 Å². The van der Waals surface area contributed by atoms with E-state index in [-0.39, 0.29) is 23.5 Å². The first-order valence-corrected chi connectivity index (χ1v) is 14.0. The summed E-state index contributed by atoms with van der Waals surface area (Å²) in [4.78, 5) is 53.5. The quantitative estimate of drug-likeness (QED) is 0.299. The Morgan fingerprint density at radius 1 is 1.05 bits per heavy atom. The molecular weight excluding hydrogens is 535 g/mol. The van der Waals surface area contributed by atoms with E-state index in [1.165, 1.54) is 6.07 Å². The molecule has 1 fully saturated rings. The number of rotatable bonds is 8. The van der Waals surface area contributed by atoms with Crippen LogP contribution >= 0.6 is 0 Å². The number of nitrogens with one attached hydrogen (secondary N) is 1. The number of hydrogen-bond donors (Lipinski definition) is 1. The van der Waals surface area contributed by atoms with Crippen LogP contribution in [-0.2, 0) is 19.5 Å². The van der Waals surface area contributed by atoms with Crippen molar-refractivity contribution in [2.75, 3.05) is 11.9 Å². The lowest BCUT2D eigenvalue weighted by atomic mass is 9.85. The third-order valence-electron chi connectivity index (χ3n) is 8.02. The van der Waals surface area contributed by atoms with Crippen molar-refractivity contribution in [2.24, 2.45) is 5.92 Å². The Bertz CT molecular complexity index is 1890. The van der Waals surface area contributed by atoms with Gasteiger partial charge in [0, 0.05) is 43.2 Å². The predicted octanol–water partition coefficient (Wildman–Crippen LogP) is 4.44. The zero-order chi connectivity index (χ0) is 29.4. The molecule has 214 valence electrons. The van der Waals surface area contributed by atoms with Crippen LogP contribution in [0.15, 0.2) is 76.4 Å². The topological polar surface area (TPSA) is 106 Å². The lowest BCUT2D eigenvalue weighted by Crippen LogP contribution is -2.42. The maximum atomic E-state index is 14.4. The largest absolute Gasteiger partial charge is 0.336 e. The minimum Gasteiger partial charge on any atom is -0.336 e. The van der Waals surface area contributed by atoms with E-state index in [4.69, 9.17) is 0 Å². The summed E-state index contributed by atoms with van der Waals surface area (Å²) in [6, 6.07) is 17.2. The van der Waals surface area contributed by atoms with Gasteiger partial charge in [-0.15, -0.1) is 0 Å². The van der Waals surface area contributed by atoms with E-state index in [1.54, 1.807) is 53.0 Å². The van der Waals surface area contributed by atoms with Gasteiger partial charge in [-0.3, -0.25) is 23.7 Å². The van der Waals surface area contributed by atoms with E-state index in [2.05, 4.69) is 15.0 Å². The Morgan fingerprint density at radius 3 is 2.48 bits per heavy atom. The van der Waals surface area contributed by atoms with Crippen LogP contribution in [0.2, 0.25) is 0 Å². The highest BCUT2D eigenvalue weighted by molar-refractivity contribution is 6.05. The molecule has 9 nitrogen and oxygen atoms in total. The fourth-order valence-corrected chi connectivity index (χ4v) is 5.27. The van der Waals surface area contributed by atoms with Crippen molar-refractivity contribution >= 4 is 22.8 Å². The summed E-state index contributed by atoms with van der Waals surface area (Å²) in [6.45, 7) is 2.17. The number of imidazole rings is 1. The molecule has 2 aromatic carbocycles. The van der Waals surface area contributed by atoms with Crippen LogP contribution < -0.4 is 16.1 Å². The molecule has 5 aromatic rings. The Morgan fingerprint density at radius 2 is 1.81 bits per heavy atom. The number of carbonyl (C=O) groups is 1. The van der Waals surface area contributed by atoms with E-state index in [0.29, 0.717) is 35.9 Å². The number of amides is 1. The first-order chi connectivity index (χ1) is 20.3. The van der Waals surface area contributed by atoms with Gasteiger partial charge in [0.15, 0.2) is 5.65 Å². The van der Waals surface area contributed by atoms with Crippen molar-refractivity contribution in [3.05, 3.63) is 122 Å². The molecule has 42 heavy (non-hydrogen) atoms. The summed E-state index contributed by atoms with van der Waals surface area (Å²) >= 11 is 0. The molecule has 1 aliphatic rings. The van der Waals surface area contributed by atoms with Gasteiger partial charge in [-0.05, 0) is 61.6 Å². The number of anilines is 1. The first kappa shape index (κ1) is 27.3. The minimum atomic E-state index is -0.525. The first-order valence-electron chi connectivity index (χ1n) is 14.0. The Kier molecular flexibility index (Phi) is 7.28. The number of aromatic amines is 1. The molecule has 0 atom stereocenters. The summed E-state index contributed by atoms with van der Waals surface area (Å²) in [5.74, 6) is 0.249. The maximum Gasteiger partial charge on any atom is 0.333 e. The molecule has 1 amide bonds. The standard InChI is InChI=1S/C32H31FN6O3/c1-20-10-13-23(17-34-20)30(40)37(2)25-14-11-21(12-15-25)16-27-35-28-29(36-27)38(18-22-6-5-7-22)32(42)39(31(28)41)19-24-8-3-4-9-26(24)33/h3-4,8-15,17,22H,5-7,16,18-19H2,1-2H3,(H,35,36). The van der Waals surface area contributed by atoms with Gasteiger partial charge in [0.05, 0.1) is 12.1 Å². The predicted molar refractivity (Wildman–Crippen MR) is 158 cm³/mol. The van der Waals surface area contributed by atoms with Crippen LogP contribution in [0.4, 0.5) is 10.1 Å². The fraction of sp³-hybridized carbons (Fsp3) is 0.281. The maximum absolute atomic E-state index is 14.4. The number of aromatic nitrogens is 5. The van der Waals surface area contributed by atoms with Gasteiger partial charge in [-0.2, -0.15) is 0 Å². The molecule has 3 aromatic heterocycles. The van der Waals surface area contributed by atoms with E-state index < -0.39 is 17.1 Å². The molecule has 6 rings (SSSR count). The van der Waals surface area contributed by atoms with Gasteiger partial charge in [-0.25, -0.2) is 14.2 Å². The zero-order valence-corrected chi connectivity index (χ0v) is 23.5. The van der Waals surface area contributed by atoms with Gasteiger partial charge >= 0.3 is 5.69 Å². The third kappa shape index (κ3) is 5.27. The molecular formula is C32H31FN6O3. The van der Waals surface area contributed by atoms with Gasteiger partial charge in [0.2, 0.25) is 0 Å². The highest BCUT2D eigenvalue weighted by Crippen LogP contribution is 2.28. The summed E-state index contributed by atoms with van der Waals surface area (Å²) < 4.78 is 17.1.